The lowest BCUT2D eigenvalue weighted by Gasteiger charge is -2.37. The highest BCUT2D eigenvalue weighted by atomic mass is 16.5. The number of amides is 1. The number of aromatic amines is 1. The molecule has 2 aromatic carbocycles. The van der Waals surface area contributed by atoms with Crippen molar-refractivity contribution < 1.29 is 19.1 Å². The minimum atomic E-state index is -0.350. The van der Waals surface area contributed by atoms with Gasteiger partial charge in [-0.1, -0.05) is 12.1 Å². The van der Waals surface area contributed by atoms with E-state index in [0.29, 0.717) is 30.4 Å². The van der Waals surface area contributed by atoms with Gasteiger partial charge in [-0.05, 0) is 112 Å². The fourth-order valence-electron chi connectivity index (χ4n) is 7.41. The Morgan fingerprint density at radius 1 is 0.977 bits per heavy atom. The molecular formula is C36H43N3O5. The highest BCUT2D eigenvalue weighted by Gasteiger charge is 2.46. The van der Waals surface area contributed by atoms with Crippen LogP contribution in [0.1, 0.15) is 81.3 Å². The van der Waals surface area contributed by atoms with Crippen LogP contribution in [0.25, 0.3) is 11.1 Å². The fourth-order valence-corrected chi connectivity index (χ4v) is 7.41. The van der Waals surface area contributed by atoms with Crippen molar-refractivity contribution in [3.8, 4) is 11.1 Å². The molecule has 8 nitrogen and oxygen atoms in total. The maximum absolute atomic E-state index is 13.9. The molecule has 8 heteroatoms. The quantitative estimate of drug-likeness (QED) is 0.376. The van der Waals surface area contributed by atoms with Crippen molar-refractivity contribution >= 4 is 17.4 Å². The second kappa shape index (κ2) is 12.3. The van der Waals surface area contributed by atoms with Gasteiger partial charge in [0.2, 0.25) is 0 Å². The molecule has 44 heavy (non-hydrogen) atoms. The number of aromatic nitrogens is 1. The summed E-state index contributed by atoms with van der Waals surface area (Å²) in [4.78, 5) is 45.5. The minimum Gasteiger partial charge on any atom is -0.381 e. The van der Waals surface area contributed by atoms with Gasteiger partial charge in [-0.25, -0.2) is 0 Å². The lowest BCUT2D eigenvalue weighted by Crippen LogP contribution is -2.40. The molecular weight excluding hydrogens is 554 g/mol. The molecule has 0 radical (unpaired) electrons. The standard InChI is InChI=1S/C36H43N3O5/c1-5-39(28-8-12-43-13-9-28)32-19-27(25-6-7-26-20-36(10-14-44-15-11-36)33(40)30(26)17-25)18-29(24(32)4)34(41)37-21-31-22(2)16-23(3)38-35(31)42/h6-7,16-19,28H,5,8-15,20-21H2,1-4H3,(H,37,41)(H,38,42). The van der Waals surface area contributed by atoms with E-state index in [9.17, 15) is 14.4 Å². The van der Waals surface area contributed by atoms with E-state index in [1.807, 2.05) is 39.0 Å². The van der Waals surface area contributed by atoms with Gasteiger partial charge in [-0.3, -0.25) is 14.4 Å². The lowest BCUT2D eigenvalue weighted by molar-refractivity contribution is 0.0205. The Bertz CT molecular complexity index is 1650. The van der Waals surface area contributed by atoms with Crippen LogP contribution in [0.4, 0.5) is 5.69 Å². The molecule has 3 aliphatic rings. The number of hydrogen-bond donors (Lipinski definition) is 2. The summed E-state index contributed by atoms with van der Waals surface area (Å²) in [6.45, 7) is 11.5. The maximum Gasteiger partial charge on any atom is 0.253 e. The summed E-state index contributed by atoms with van der Waals surface area (Å²) >= 11 is 0. The number of anilines is 1. The number of ketones is 1. The smallest absolute Gasteiger partial charge is 0.253 e. The first-order chi connectivity index (χ1) is 21.2. The van der Waals surface area contributed by atoms with Crippen LogP contribution in [-0.4, -0.2) is 55.7 Å². The Hall–Kier alpha value is -3.75. The summed E-state index contributed by atoms with van der Waals surface area (Å²) in [6, 6.07) is 12.5. The average molecular weight is 598 g/mol. The van der Waals surface area contributed by atoms with Crippen LogP contribution in [0.3, 0.4) is 0 Å². The van der Waals surface area contributed by atoms with E-state index in [-0.39, 0.29) is 29.2 Å². The van der Waals surface area contributed by atoms with Gasteiger partial charge in [0.15, 0.2) is 5.78 Å². The molecule has 2 N–H and O–H groups in total. The molecule has 1 amide bonds. The Kier molecular flexibility index (Phi) is 8.49. The van der Waals surface area contributed by atoms with E-state index in [2.05, 4.69) is 40.3 Å². The summed E-state index contributed by atoms with van der Waals surface area (Å²) in [5.74, 6) is -0.00886. The molecule has 2 fully saturated rings. The second-order valence-electron chi connectivity index (χ2n) is 12.7. The van der Waals surface area contributed by atoms with Crippen molar-refractivity contribution in [3.05, 3.63) is 85.8 Å². The van der Waals surface area contributed by atoms with Crippen molar-refractivity contribution in [2.45, 2.75) is 72.4 Å². The highest BCUT2D eigenvalue weighted by Crippen LogP contribution is 2.45. The molecule has 3 aromatic rings. The number of benzene rings is 2. The van der Waals surface area contributed by atoms with Gasteiger partial charge in [-0.15, -0.1) is 0 Å². The number of pyridine rings is 1. The zero-order valence-electron chi connectivity index (χ0n) is 26.3. The Morgan fingerprint density at radius 2 is 1.70 bits per heavy atom. The van der Waals surface area contributed by atoms with E-state index < -0.39 is 0 Å². The number of nitrogens with zero attached hydrogens (tertiary/aromatic N) is 1. The van der Waals surface area contributed by atoms with E-state index >= 15 is 0 Å². The van der Waals surface area contributed by atoms with Crippen LogP contribution >= 0.6 is 0 Å². The number of H-pyrrole nitrogens is 1. The first-order valence-corrected chi connectivity index (χ1v) is 15.9. The number of ether oxygens (including phenoxy) is 2. The SMILES string of the molecule is CCN(c1cc(-c2ccc3c(c2)C(=O)C2(CCOCC2)C3)cc(C(=O)NCc2c(C)cc(C)[nH]c2=O)c1C)C1CCOCC1. The van der Waals surface area contributed by atoms with Gasteiger partial charge in [0.1, 0.15) is 0 Å². The lowest BCUT2D eigenvalue weighted by atomic mass is 9.77. The Balaban J connectivity index is 1.39. The fraction of sp³-hybridized carbons (Fsp3) is 0.472. The second-order valence-corrected chi connectivity index (χ2v) is 12.7. The third-order valence-electron chi connectivity index (χ3n) is 9.97. The third-order valence-corrected chi connectivity index (χ3v) is 9.97. The van der Waals surface area contributed by atoms with Gasteiger partial charge in [0.25, 0.3) is 11.5 Å². The van der Waals surface area contributed by atoms with E-state index in [1.54, 1.807) is 0 Å². The Morgan fingerprint density at radius 3 is 2.41 bits per heavy atom. The molecule has 6 rings (SSSR count). The average Bonchev–Trinajstić information content (AvgIpc) is 3.28. The molecule has 1 aromatic heterocycles. The van der Waals surface area contributed by atoms with E-state index in [1.165, 1.54) is 0 Å². The van der Waals surface area contributed by atoms with Crippen molar-refractivity contribution in [3.63, 3.8) is 0 Å². The van der Waals surface area contributed by atoms with Gasteiger partial charge < -0.3 is 24.7 Å². The number of rotatable bonds is 7. The molecule has 0 saturated carbocycles. The van der Waals surface area contributed by atoms with Gasteiger partial charge >= 0.3 is 0 Å². The first kappa shape index (κ1) is 30.3. The van der Waals surface area contributed by atoms with Crippen molar-refractivity contribution in [2.24, 2.45) is 5.41 Å². The number of fused-ring (bicyclic) bond motifs is 1. The molecule has 0 atom stereocenters. The summed E-state index contributed by atoms with van der Waals surface area (Å²) < 4.78 is 11.2. The minimum absolute atomic E-state index is 0.135. The molecule has 0 unspecified atom stereocenters. The van der Waals surface area contributed by atoms with Gasteiger partial charge in [0.05, 0.1) is 0 Å². The van der Waals surface area contributed by atoms with Crippen LogP contribution in [0, 0.1) is 26.2 Å². The van der Waals surface area contributed by atoms with Crippen molar-refractivity contribution in [1.29, 1.82) is 0 Å². The summed E-state index contributed by atoms with van der Waals surface area (Å²) in [5.41, 5.74) is 7.84. The first-order valence-electron chi connectivity index (χ1n) is 15.9. The number of nitrogens with one attached hydrogen (secondary N) is 2. The topological polar surface area (TPSA) is 101 Å². The summed E-state index contributed by atoms with van der Waals surface area (Å²) in [7, 11) is 0. The molecule has 3 heterocycles. The highest BCUT2D eigenvalue weighted by molar-refractivity contribution is 6.06. The third kappa shape index (κ3) is 5.61. The van der Waals surface area contributed by atoms with Crippen LogP contribution in [0.15, 0.2) is 41.2 Å². The maximum atomic E-state index is 13.9. The van der Waals surface area contributed by atoms with Crippen LogP contribution in [0.2, 0.25) is 0 Å². The van der Waals surface area contributed by atoms with Crippen LogP contribution in [0.5, 0.6) is 0 Å². The predicted molar refractivity (Wildman–Crippen MR) is 172 cm³/mol. The number of hydrogen-bond acceptors (Lipinski definition) is 6. The van der Waals surface area contributed by atoms with Gasteiger partial charge in [-0.2, -0.15) is 0 Å². The van der Waals surface area contributed by atoms with Gasteiger partial charge in [0, 0.05) is 79.0 Å². The van der Waals surface area contributed by atoms with Crippen LogP contribution in [-0.2, 0) is 22.4 Å². The normalized spacial score (nSPS) is 18.0. The largest absolute Gasteiger partial charge is 0.381 e. The molecule has 1 aliphatic carbocycles. The summed E-state index contributed by atoms with van der Waals surface area (Å²) in [5, 5.41) is 3.02. The molecule has 2 saturated heterocycles. The monoisotopic (exact) mass is 597 g/mol. The predicted octanol–water partition coefficient (Wildman–Crippen LogP) is 5.44. The number of aryl methyl sites for hydroxylation is 2. The zero-order chi connectivity index (χ0) is 31.0. The number of carbonyl (C=O) groups excluding carboxylic acids is 2. The number of carbonyl (C=O) groups is 2. The summed E-state index contributed by atoms with van der Waals surface area (Å²) in [6.07, 6.45) is 4.13. The van der Waals surface area contributed by atoms with Crippen LogP contribution < -0.4 is 15.8 Å². The Labute approximate surface area is 259 Å². The molecule has 0 bridgehead atoms. The van der Waals surface area contributed by atoms with E-state index in [0.717, 1.165) is 96.6 Å². The molecule has 2 aliphatic heterocycles. The number of Topliss-reactive ketones (excluding diaryl/α,β-unsaturated/α-hetero) is 1. The zero-order valence-corrected chi connectivity index (χ0v) is 26.3. The molecule has 232 valence electrons. The van der Waals surface area contributed by atoms with Crippen molar-refractivity contribution in [2.75, 3.05) is 37.9 Å². The van der Waals surface area contributed by atoms with E-state index in [4.69, 9.17) is 9.47 Å². The van der Waals surface area contributed by atoms with Crippen molar-refractivity contribution in [1.82, 2.24) is 10.3 Å². The molecule has 1 spiro atoms.